The number of hydrogen-bond donors (Lipinski definition) is 2. The zero-order chi connectivity index (χ0) is 25.6. The van der Waals surface area contributed by atoms with Crippen molar-refractivity contribution in [3.8, 4) is 0 Å². The molecule has 0 aromatic heterocycles. The molecule has 0 radical (unpaired) electrons. The maximum atomic E-state index is 12.9. The summed E-state index contributed by atoms with van der Waals surface area (Å²) in [5.41, 5.74) is 1.84. The van der Waals surface area contributed by atoms with E-state index in [1.165, 1.54) is 17.3 Å². The first-order valence-electron chi connectivity index (χ1n) is 12.3. The number of hydrogen-bond acceptors (Lipinski definition) is 7. The Bertz CT molecular complexity index is 958. The Kier molecular flexibility index (Phi) is 9.78. The molecule has 192 valence electrons. The number of carbonyl (C=O) groups is 1. The van der Waals surface area contributed by atoms with Crippen molar-refractivity contribution in [2.24, 2.45) is 0 Å². The Labute approximate surface area is 213 Å². The van der Waals surface area contributed by atoms with Crippen molar-refractivity contribution < 1.29 is 29.2 Å². The molecule has 1 heterocycles. The third-order valence-corrected chi connectivity index (χ3v) is 7.46. The van der Waals surface area contributed by atoms with Gasteiger partial charge in [-0.15, -0.1) is 0 Å². The minimum absolute atomic E-state index is 0.0407. The van der Waals surface area contributed by atoms with Gasteiger partial charge in [0.1, 0.15) is 23.7 Å². The second kappa shape index (κ2) is 12.4. The Morgan fingerprint density at radius 2 is 1.83 bits per heavy atom. The predicted octanol–water partition coefficient (Wildman–Crippen LogP) is 4.87. The van der Waals surface area contributed by atoms with Gasteiger partial charge in [-0.3, -0.25) is 0 Å². The van der Waals surface area contributed by atoms with E-state index in [1.54, 1.807) is 24.3 Å². The largest absolute Gasteiger partial charge is 0.452 e. The second-order valence-electron chi connectivity index (χ2n) is 9.99. The van der Waals surface area contributed by atoms with Crippen LogP contribution < -0.4 is 0 Å². The van der Waals surface area contributed by atoms with Crippen molar-refractivity contribution in [2.45, 2.75) is 87.6 Å². The van der Waals surface area contributed by atoms with Gasteiger partial charge in [-0.25, -0.2) is 4.79 Å². The topological polar surface area (TPSA) is 85.2 Å². The zero-order valence-electron chi connectivity index (χ0n) is 21.3. The molecular weight excluding hydrogens is 464 g/mol. The van der Waals surface area contributed by atoms with Crippen LogP contribution in [0.3, 0.4) is 0 Å². The summed E-state index contributed by atoms with van der Waals surface area (Å²) < 4.78 is 18.0. The van der Waals surface area contributed by atoms with Crippen LogP contribution in [-0.2, 0) is 19.6 Å². The van der Waals surface area contributed by atoms with Crippen molar-refractivity contribution in [2.75, 3.05) is 13.2 Å². The van der Waals surface area contributed by atoms with Gasteiger partial charge < -0.3 is 24.4 Å². The first-order chi connectivity index (χ1) is 16.7. The first kappa shape index (κ1) is 27.7. The molecule has 0 spiro atoms. The second-order valence-corrected chi connectivity index (χ2v) is 11.1. The number of unbranched alkanes of at least 4 members (excludes halogenated alkanes) is 1. The molecule has 6 nitrogen and oxygen atoms in total. The Balaban J connectivity index is 1.91. The van der Waals surface area contributed by atoms with E-state index in [1.807, 2.05) is 19.9 Å². The number of aliphatic hydroxyl groups is 2. The lowest BCUT2D eigenvalue weighted by molar-refractivity contribution is -0.221. The van der Waals surface area contributed by atoms with E-state index in [2.05, 4.69) is 39.0 Å². The van der Waals surface area contributed by atoms with Crippen LogP contribution in [0.5, 0.6) is 0 Å². The highest BCUT2D eigenvalue weighted by Crippen LogP contribution is 2.39. The third kappa shape index (κ3) is 7.08. The van der Waals surface area contributed by atoms with Crippen LogP contribution in [0.2, 0.25) is 0 Å². The van der Waals surface area contributed by atoms with Crippen molar-refractivity contribution in [1.82, 2.24) is 0 Å². The van der Waals surface area contributed by atoms with Crippen molar-refractivity contribution in [1.29, 1.82) is 0 Å². The van der Waals surface area contributed by atoms with Crippen LogP contribution in [0.15, 0.2) is 53.4 Å². The monoisotopic (exact) mass is 502 g/mol. The van der Waals surface area contributed by atoms with Gasteiger partial charge in [0.2, 0.25) is 0 Å². The van der Waals surface area contributed by atoms with Crippen LogP contribution in [0.25, 0.3) is 0 Å². The number of benzene rings is 2. The number of aliphatic hydroxyl groups excluding tert-OH is 2. The van der Waals surface area contributed by atoms with Crippen LogP contribution >= 0.6 is 11.8 Å². The maximum absolute atomic E-state index is 12.9. The fraction of sp³-hybridized carbons (Fsp3) is 0.536. The number of ether oxygens (including phenoxy) is 3. The van der Waals surface area contributed by atoms with Crippen LogP contribution in [-0.4, -0.2) is 59.2 Å². The summed E-state index contributed by atoms with van der Waals surface area (Å²) in [6, 6.07) is 15.0. The first-order valence-corrected chi connectivity index (χ1v) is 13.1. The summed E-state index contributed by atoms with van der Waals surface area (Å²) in [5, 5.41) is 21.4. The van der Waals surface area contributed by atoms with Gasteiger partial charge in [-0.05, 0) is 48.1 Å². The minimum atomic E-state index is -1.16. The van der Waals surface area contributed by atoms with Crippen molar-refractivity contribution >= 4 is 17.7 Å². The quantitative estimate of drug-likeness (QED) is 0.374. The summed E-state index contributed by atoms with van der Waals surface area (Å²) >= 11 is 1.39. The normalized spacial score (nSPS) is 24.8. The van der Waals surface area contributed by atoms with Gasteiger partial charge >= 0.3 is 5.97 Å². The molecule has 1 fully saturated rings. The lowest BCUT2D eigenvalue weighted by Gasteiger charge is -2.43. The molecule has 3 rings (SSSR count). The van der Waals surface area contributed by atoms with E-state index in [9.17, 15) is 15.0 Å². The Hall–Kier alpha value is -1.90. The van der Waals surface area contributed by atoms with Gasteiger partial charge in [-0.2, -0.15) is 0 Å². The van der Waals surface area contributed by atoms with Crippen LogP contribution in [0.4, 0.5) is 0 Å². The maximum Gasteiger partial charge on any atom is 0.338 e. The molecule has 7 heteroatoms. The molecule has 1 saturated heterocycles. The molecule has 1 aliphatic rings. The summed E-state index contributed by atoms with van der Waals surface area (Å²) in [7, 11) is 0. The average molecular weight is 503 g/mol. The number of rotatable bonds is 9. The number of esters is 1. The fourth-order valence-corrected chi connectivity index (χ4v) is 5.16. The van der Waals surface area contributed by atoms with E-state index >= 15 is 0 Å². The van der Waals surface area contributed by atoms with Crippen LogP contribution in [0, 0.1) is 6.92 Å². The summed E-state index contributed by atoms with van der Waals surface area (Å²) in [6.45, 7) is 10.6. The summed E-state index contributed by atoms with van der Waals surface area (Å²) in [4.78, 5) is 13.9. The smallest absolute Gasteiger partial charge is 0.338 e. The number of thioether (sulfide) groups is 1. The highest BCUT2D eigenvalue weighted by molar-refractivity contribution is 7.99. The number of aryl methyl sites for hydroxylation is 1. The molecule has 5 atom stereocenters. The lowest BCUT2D eigenvalue weighted by atomic mass is 9.87. The van der Waals surface area contributed by atoms with Gasteiger partial charge in [-0.1, -0.05) is 76.2 Å². The molecular formula is C28H38O6S. The van der Waals surface area contributed by atoms with Gasteiger partial charge in [0.05, 0.1) is 12.2 Å². The highest BCUT2D eigenvalue weighted by atomic mass is 32.2. The summed E-state index contributed by atoms with van der Waals surface area (Å²) in [5.74, 6) is -0.543. The van der Waals surface area contributed by atoms with Gasteiger partial charge in [0.15, 0.2) is 6.10 Å². The molecule has 2 N–H and O–H groups in total. The number of carbonyl (C=O) groups excluding carboxylic acids is 1. The van der Waals surface area contributed by atoms with Crippen LogP contribution in [0.1, 0.15) is 62.0 Å². The average Bonchev–Trinajstić information content (AvgIpc) is 2.83. The molecule has 0 saturated carbocycles. The van der Waals surface area contributed by atoms with E-state index in [4.69, 9.17) is 14.2 Å². The highest BCUT2D eigenvalue weighted by Gasteiger charge is 2.48. The molecule has 2 aromatic rings. The van der Waals surface area contributed by atoms with E-state index in [0.717, 1.165) is 23.3 Å². The SMILES string of the molecule is CCCCO[C@@H]1C(CO)O[C@@H](Sc2cc(C(C)(C)C)ccc2C)[C@@H](OC(=O)c2ccccc2)C1O. The van der Waals surface area contributed by atoms with Crippen molar-refractivity contribution in [3.05, 3.63) is 65.2 Å². The zero-order valence-corrected chi connectivity index (χ0v) is 22.1. The molecule has 35 heavy (non-hydrogen) atoms. The summed E-state index contributed by atoms with van der Waals surface area (Å²) in [6.07, 6.45) is -1.95. The fourth-order valence-electron chi connectivity index (χ4n) is 3.92. The molecule has 0 amide bonds. The van der Waals surface area contributed by atoms with E-state index in [-0.39, 0.29) is 12.0 Å². The van der Waals surface area contributed by atoms with E-state index in [0.29, 0.717) is 12.2 Å². The van der Waals surface area contributed by atoms with Gasteiger partial charge in [0.25, 0.3) is 0 Å². The Morgan fingerprint density at radius 3 is 2.46 bits per heavy atom. The molecule has 0 aliphatic carbocycles. The lowest BCUT2D eigenvalue weighted by Crippen LogP contribution is -2.59. The van der Waals surface area contributed by atoms with E-state index < -0.39 is 35.8 Å². The van der Waals surface area contributed by atoms with Gasteiger partial charge in [0, 0.05) is 11.5 Å². The molecule has 1 aliphatic heterocycles. The Morgan fingerprint density at radius 1 is 1.11 bits per heavy atom. The molecule has 2 aromatic carbocycles. The van der Waals surface area contributed by atoms with Crippen molar-refractivity contribution in [3.63, 3.8) is 0 Å². The molecule has 0 bridgehead atoms. The minimum Gasteiger partial charge on any atom is -0.452 e. The molecule has 2 unspecified atom stereocenters. The third-order valence-electron chi connectivity index (χ3n) is 6.15. The predicted molar refractivity (Wildman–Crippen MR) is 138 cm³/mol. The standard InChI is InChI=1S/C28H38O6S/c1-6-7-15-32-24-21(17-29)33-27(35-22-16-20(28(3,4)5)14-13-18(22)2)25(23(24)30)34-26(31)19-11-9-8-10-12-19/h8-14,16,21,23-25,27,29-30H,6-7,15,17H2,1-5H3/t21?,23?,24-,25+,27+/m1/s1.